The summed E-state index contributed by atoms with van der Waals surface area (Å²) in [4.78, 5) is 21.1. The van der Waals surface area contributed by atoms with Crippen LogP contribution in [0.3, 0.4) is 0 Å². The molecule has 34 heavy (non-hydrogen) atoms. The summed E-state index contributed by atoms with van der Waals surface area (Å²) in [5.74, 6) is 0.638. The van der Waals surface area contributed by atoms with Crippen molar-refractivity contribution >= 4 is 27.3 Å². The fraction of sp³-hybridized carbons (Fsp3) is 0.464. The lowest BCUT2D eigenvalue weighted by Gasteiger charge is -2.38. The van der Waals surface area contributed by atoms with Gasteiger partial charge in [-0.25, -0.2) is 0 Å². The molecule has 1 fully saturated rings. The molecule has 5 rings (SSSR count). The Hall–Kier alpha value is -2.41. The van der Waals surface area contributed by atoms with E-state index in [1.807, 2.05) is 35.2 Å². The molecule has 1 aromatic heterocycles. The average Bonchev–Trinajstić information content (AvgIpc) is 3.31. The highest BCUT2D eigenvalue weighted by Crippen LogP contribution is 2.31. The molecule has 1 aliphatic carbocycles. The lowest BCUT2D eigenvalue weighted by Crippen LogP contribution is -2.51. The van der Waals surface area contributed by atoms with Crippen LogP contribution in [0.2, 0.25) is 0 Å². The predicted molar refractivity (Wildman–Crippen MR) is 140 cm³/mol. The highest BCUT2D eigenvalue weighted by Gasteiger charge is 2.27. The van der Waals surface area contributed by atoms with Gasteiger partial charge in [0.25, 0.3) is 5.91 Å². The van der Waals surface area contributed by atoms with Gasteiger partial charge < -0.3 is 10.0 Å². The van der Waals surface area contributed by atoms with Crippen molar-refractivity contribution in [1.29, 1.82) is 0 Å². The first-order valence-corrected chi connectivity index (χ1v) is 13.5. The van der Waals surface area contributed by atoms with Crippen molar-refractivity contribution in [2.45, 2.75) is 38.6 Å². The molecule has 3 aromatic rings. The van der Waals surface area contributed by atoms with E-state index in [-0.39, 0.29) is 5.91 Å². The van der Waals surface area contributed by atoms with Crippen LogP contribution >= 0.6 is 11.3 Å². The van der Waals surface area contributed by atoms with Crippen LogP contribution in [0.25, 0.3) is 10.1 Å². The summed E-state index contributed by atoms with van der Waals surface area (Å²) < 4.78 is 1.18. The maximum absolute atomic E-state index is 13.1. The van der Waals surface area contributed by atoms with E-state index in [0.29, 0.717) is 11.8 Å². The minimum absolute atomic E-state index is 0.178. The number of phenols is 1. The fourth-order valence-electron chi connectivity index (χ4n) is 5.53. The molecule has 180 valence electrons. The predicted octanol–water partition coefficient (Wildman–Crippen LogP) is 4.63. The lowest BCUT2D eigenvalue weighted by molar-refractivity contribution is 0.0613. The van der Waals surface area contributed by atoms with Crippen LogP contribution in [0, 0.1) is 0 Å². The van der Waals surface area contributed by atoms with Crippen LogP contribution in [0.15, 0.2) is 48.5 Å². The van der Waals surface area contributed by atoms with Crippen LogP contribution in [-0.4, -0.2) is 77.6 Å². The minimum atomic E-state index is 0.178. The zero-order chi connectivity index (χ0) is 23.5. The second kappa shape index (κ2) is 10.5. The molecule has 2 aliphatic rings. The first kappa shape index (κ1) is 23.3. The number of hydrogen-bond acceptors (Lipinski definition) is 5. The molecule has 2 heterocycles. The van der Waals surface area contributed by atoms with Crippen LogP contribution in [0.1, 0.15) is 40.6 Å². The smallest absolute Gasteiger partial charge is 0.264 e. The molecule has 1 atom stereocenters. The fourth-order valence-corrected chi connectivity index (χ4v) is 6.56. The van der Waals surface area contributed by atoms with Gasteiger partial charge in [0, 0.05) is 50.0 Å². The number of piperazine rings is 1. The lowest BCUT2D eigenvalue weighted by atomic mass is 9.87. The van der Waals surface area contributed by atoms with E-state index in [9.17, 15) is 9.90 Å². The molecule has 5 nitrogen and oxygen atoms in total. The number of nitrogens with zero attached hydrogens (tertiary/aromatic N) is 3. The standard InChI is InChI=1S/C28H35N3O2S/c1-2-12-30(23-10-11-24-21(19-23)7-5-8-25(24)32)16-13-29-14-17-31(18-15-29)28(33)27-20-22-6-3-4-9-26(22)34-27/h3-9,20,23,32H,2,10-19H2,1H3. The number of phenolic OH excluding ortho intramolecular Hbond substituents is 1. The molecule has 1 amide bonds. The van der Waals surface area contributed by atoms with Gasteiger partial charge in [-0.05, 0) is 66.9 Å². The van der Waals surface area contributed by atoms with Gasteiger partial charge in [0.15, 0.2) is 0 Å². The number of fused-ring (bicyclic) bond motifs is 2. The average molecular weight is 478 g/mol. The van der Waals surface area contributed by atoms with E-state index in [1.54, 1.807) is 11.3 Å². The molecule has 2 aromatic carbocycles. The third-order valence-electron chi connectivity index (χ3n) is 7.46. The highest BCUT2D eigenvalue weighted by atomic mass is 32.1. The molecule has 1 N–H and O–H groups in total. The molecule has 6 heteroatoms. The SMILES string of the molecule is CCCN(CCN1CCN(C(=O)c2cc3ccccc3s2)CC1)C1CCc2c(O)cccc2C1. The Labute approximate surface area is 206 Å². The molecule has 1 unspecified atom stereocenters. The maximum Gasteiger partial charge on any atom is 0.264 e. The monoisotopic (exact) mass is 477 g/mol. The van der Waals surface area contributed by atoms with E-state index in [2.05, 4.69) is 34.9 Å². The van der Waals surface area contributed by atoms with Gasteiger partial charge in [0.2, 0.25) is 0 Å². The van der Waals surface area contributed by atoms with Gasteiger partial charge in [0.1, 0.15) is 5.75 Å². The number of benzene rings is 2. The summed E-state index contributed by atoms with van der Waals surface area (Å²) in [6, 6.07) is 16.8. The molecule has 0 saturated carbocycles. The number of thiophene rings is 1. The van der Waals surface area contributed by atoms with Gasteiger partial charge in [-0.1, -0.05) is 37.3 Å². The van der Waals surface area contributed by atoms with Gasteiger partial charge in [-0.15, -0.1) is 11.3 Å². The summed E-state index contributed by atoms with van der Waals surface area (Å²) in [7, 11) is 0. The molecule has 0 radical (unpaired) electrons. The molecule has 1 saturated heterocycles. The Morgan fingerprint density at radius 3 is 2.71 bits per heavy atom. The summed E-state index contributed by atoms with van der Waals surface area (Å²) >= 11 is 1.60. The van der Waals surface area contributed by atoms with E-state index in [0.717, 1.165) is 87.3 Å². The highest BCUT2D eigenvalue weighted by molar-refractivity contribution is 7.20. The summed E-state index contributed by atoms with van der Waals surface area (Å²) in [5.41, 5.74) is 2.46. The van der Waals surface area contributed by atoms with Crippen molar-refractivity contribution in [2.24, 2.45) is 0 Å². The Balaban J connectivity index is 1.14. The molecule has 1 aliphatic heterocycles. The number of amides is 1. The van der Waals surface area contributed by atoms with Crippen molar-refractivity contribution in [3.05, 3.63) is 64.5 Å². The largest absolute Gasteiger partial charge is 0.508 e. The van der Waals surface area contributed by atoms with E-state index < -0.39 is 0 Å². The molecular weight excluding hydrogens is 442 g/mol. The Bertz CT molecular complexity index is 1100. The summed E-state index contributed by atoms with van der Waals surface area (Å²) in [5, 5.41) is 11.3. The third kappa shape index (κ3) is 4.99. The van der Waals surface area contributed by atoms with Crippen molar-refractivity contribution in [2.75, 3.05) is 45.8 Å². The number of aromatic hydroxyl groups is 1. The van der Waals surface area contributed by atoms with Gasteiger partial charge >= 0.3 is 0 Å². The van der Waals surface area contributed by atoms with Gasteiger partial charge in [-0.3, -0.25) is 14.6 Å². The zero-order valence-electron chi connectivity index (χ0n) is 20.1. The minimum Gasteiger partial charge on any atom is -0.508 e. The molecular formula is C28H35N3O2S. The Kier molecular flexibility index (Phi) is 7.18. The van der Waals surface area contributed by atoms with Crippen LogP contribution in [0.5, 0.6) is 5.75 Å². The van der Waals surface area contributed by atoms with Crippen molar-refractivity contribution in [3.63, 3.8) is 0 Å². The molecule has 0 spiro atoms. The number of hydrogen-bond donors (Lipinski definition) is 1. The quantitative estimate of drug-likeness (QED) is 0.539. The second-order valence-corrected chi connectivity index (χ2v) is 10.7. The normalized spacial score (nSPS) is 19.0. The van der Waals surface area contributed by atoms with E-state index in [4.69, 9.17) is 0 Å². The van der Waals surface area contributed by atoms with Crippen molar-refractivity contribution in [3.8, 4) is 5.75 Å². The first-order valence-electron chi connectivity index (χ1n) is 12.7. The Morgan fingerprint density at radius 2 is 1.91 bits per heavy atom. The second-order valence-electron chi connectivity index (χ2n) is 9.63. The molecule has 0 bridgehead atoms. The van der Waals surface area contributed by atoms with Crippen LogP contribution in [0.4, 0.5) is 0 Å². The summed E-state index contributed by atoms with van der Waals surface area (Å²) in [6.07, 6.45) is 4.26. The Morgan fingerprint density at radius 1 is 1.09 bits per heavy atom. The number of rotatable bonds is 7. The maximum atomic E-state index is 13.1. The van der Waals surface area contributed by atoms with Crippen LogP contribution in [-0.2, 0) is 12.8 Å². The van der Waals surface area contributed by atoms with Gasteiger partial charge in [0.05, 0.1) is 4.88 Å². The topological polar surface area (TPSA) is 47.0 Å². The van der Waals surface area contributed by atoms with Crippen molar-refractivity contribution < 1.29 is 9.90 Å². The van der Waals surface area contributed by atoms with Gasteiger partial charge in [-0.2, -0.15) is 0 Å². The third-order valence-corrected chi connectivity index (χ3v) is 8.56. The summed E-state index contributed by atoms with van der Waals surface area (Å²) in [6.45, 7) is 8.98. The number of carbonyl (C=O) groups is 1. The number of carbonyl (C=O) groups excluding carboxylic acids is 1. The van der Waals surface area contributed by atoms with E-state index in [1.165, 1.54) is 10.3 Å². The van der Waals surface area contributed by atoms with E-state index >= 15 is 0 Å². The zero-order valence-corrected chi connectivity index (χ0v) is 20.9. The first-order chi connectivity index (χ1) is 16.6. The van der Waals surface area contributed by atoms with Crippen LogP contribution < -0.4 is 0 Å². The van der Waals surface area contributed by atoms with Crippen molar-refractivity contribution in [1.82, 2.24) is 14.7 Å².